The fourth-order valence-corrected chi connectivity index (χ4v) is 3.57. The Morgan fingerprint density at radius 1 is 0.714 bits per heavy atom. The van der Waals surface area contributed by atoms with Gasteiger partial charge in [0.15, 0.2) is 0 Å². The predicted octanol–water partition coefficient (Wildman–Crippen LogP) is 0.700. The standard InChI is InChI=1S/C20H24N6O2/c27-15-23-6-10-25(11-7-23)19-14-18(17-4-2-1-3-5-17)21-20(22-19)26-12-8-24(16-28)9-13-26/h1-5,14-16H,6-13H2. The molecular weight excluding hydrogens is 356 g/mol. The lowest BCUT2D eigenvalue weighted by Crippen LogP contribution is -2.47. The zero-order chi connectivity index (χ0) is 19.3. The number of benzene rings is 1. The zero-order valence-electron chi connectivity index (χ0n) is 15.8. The fourth-order valence-electron chi connectivity index (χ4n) is 3.57. The minimum atomic E-state index is 0.676. The van der Waals surface area contributed by atoms with Crippen molar-refractivity contribution in [3.8, 4) is 11.3 Å². The maximum absolute atomic E-state index is 11.0. The van der Waals surface area contributed by atoms with E-state index in [9.17, 15) is 9.59 Å². The SMILES string of the molecule is O=CN1CCN(c2cc(-c3ccccc3)nc(N3CCN(C=O)CC3)n2)CC1. The van der Waals surface area contributed by atoms with E-state index in [0.29, 0.717) is 32.1 Å². The van der Waals surface area contributed by atoms with E-state index in [1.807, 2.05) is 36.4 Å². The third-order valence-corrected chi connectivity index (χ3v) is 5.30. The highest BCUT2D eigenvalue weighted by molar-refractivity contribution is 5.65. The van der Waals surface area contributed by atoms with Crippen molar-refractivity contribution in [2.75, 3.05) is 62.2 Å². The summed E-state index contributed by atoms with van der Waals surface area (Å²) in [6, 6.07) is 12.1. The van der Waals surface area contributed by atoms with Crippen LogP contribution in [0.3, 0.4) is 0 Å². The molecule has 0 aliphatic carbocycles. The van der Waals surface area contributed by atoms with Crippen LogP contribution >= 0.6 is 0 Å². The lowest BCUT2D eigenvalue weighted by molar-refractivity contribution is -0.119. The normalized spacial score (nSPS) is 17.6. The summed E-state index contributed by atoms with van der Waals surface area (Å²) in [6.07, 6.45) is 1.81. The molecule has 3 heterocycles. The molecule has 0 saturated carbocycles. The molecule has 4 rings (SSSR count). The molecule has 2 fully saturated rings. The van der Waals surface area contributed by atoms with Crippen molar-refractivity contribution in [3.63, 3.8) is 0 Å². The van der Waals surface area contributed by atoms with Crippen molar-refractivity contribution in [1.82, 2.24) is 19.8 Å². The second kappa shape index (κ2) is 8.24. The number of nitrogens with zero attached hydrogens (tertiary/aromatic N) is 6. The Kier molecular flexibility index (Phi) is 5.36. The van der Waals surface area contributed by atoms with Crippen molar-refractivity contribution in [2.24, 2.45) is 0 Å². The molecule has 146 valence electrons. The molecule has 28 heavy (non-hydrogen) atoms. The molecule has 1 aromatic heterocycles. The highest BCUT2D eigenvalue weighted by Crippen LogP contribution is 2.26. The Labute approximate surface area is 164 Å². The Morgan fingerprint density at radius 2 is 1.29 bits per heavy atom. The van der Waals surface area contributed by atoms with E-state index >= 15 is 0 Å². The lowest BCUT2D eigenvalue weighted by atomic mass is 10.1. The van der Waals surface area contributed by atoms with E-state index in [1.165, 1.54) is 0 Å². The quantitative estimate of drug-likeness (QED) is 0.711. The van der Waals surface area contributed by atoms with E-state index in [4.69, 9.17) is 9.97 Å². The van der Waals surface area contributed by atoms with Gasteiger partial charge < -0.3 is 19.6 Å². The van der Waals surface area contributed by atoms with Gasteiger partial charge in [-0.25, -0.2) is 4.98 Å². The number of hydrogen-bond donors (Lipinski definition) is 0. The first-order valence-corrected chi connectivity index (χ1v) is 9.60. The maximum Gasteiger partial charge on any atom is 0.228 e. The molecule has 2 aliphatic heterocycles. The molecular formula is C20H24N6O2. The maximum atomic E-state index is 11.0. The van der Waals surface area contributed by atoms with E-state index in [-0.39, 0.29) is 0 Å². The molecule has 2 amide bonds. The summed E-state index contributed by atoms with van der Waals surface area (Å²) >= 11 is 0. The Morgan fingerprint density at radius 3 is 1.86 bits per heavy atom. The Hall–Kier alpha value is -3.16. The van der Waals surface area contributed by atoms with Gasteiger partial charge in [-0.3, -0.25) is 9.59 Å². The van der Waals surface area contributed by atoms with Gasteiger partial charge in [0.1, 0.15) is 5.82 Å². The highest BCUT2D eigenvalue weighted by atomic mass is 16.1. The van der Waals surface area contributed by atoms with Crippen LogP contribution < -0.4 is 9.80 Å². The number of amides is 2. The zero-order valence-corrected chi connectivity index (χ0v) is 15.8. The second-order valence-corrected chi connectivity index (χ2v) is 7.03. The van der Waals surface area contributed by atoms with Gasteiger partial charge in [-0.15, -0.1) is 0 Å². The lowest BCUT2D eigenvalue weighted by Gasteiger charge is -2.35. The van der Waals surface area contributed by atoms with Crippen LogP contribution in [-0.4, -0.2) is 84.9 Å². The van der Waals surface area contributed by atoms with E-state index in [0.717, 1.165) is 56.1 Å². The third-order valence-electron chi connectivity index (χ3n) is 5.30. The topological polar surface area (TPSA) is 72.9 Å². The number of piperazine rings is 2. The Bertz CT molecular complexity index is 768. The molecule has 0 spiro atoms. The van der Waals surface area contributed by atoms with Gasteiger partial charge in [0.2, 0.25) is 18.8 Å². The van der Waals surface area contributed by atoms with Crippen LogP contribution in [0.25, 0.3) is 11.3 Å². The van der Waals surface area contributed by atoms with E-state index < -0.39 is 0 Å². The van der Waals surface area contributed by atoms with Crippen LogP contribution in [0, 0.1) is 0 Å². The van der Waals surface area contributed by atoms with E-state index in [1.54, 1.807) is 9.80 Å². The number of aromatic nitrogens is 2. The van der Waals surface area contributed by atoms with Crippen molar-refractivity contribution in [1.29, 1.82) is 0 Å². The minimum absolute atomic E-state index is 0.676. The second-order valence-electron chi connectivity index (χ2n) is 7.03. The number of hydrogen-bond acceptors (Lipinski definition) is 6. The summed E-state index contributed by atoms with van der Waals surface area (Å²) in [4.78, 5) is 39.6. The molecule has 0 N–H and O–H groups in total. The van der Waals surface area contributed by atoms with Gasteiger partial charge in [-0.1, -0.05) is 30.3 Å². The molecule has 8 nitrogen and oxygen atoms in total. The van der Waals surface area contributed by atoms with Crippen LogP contribution in [0.15, 0.2) is 36.4 Å². The largest absolute Gasteiger partial charge is 0.353 e. The van der Waals surface area contributed by atoms with Gasteiger partial charge in [-0.05, 0) is 0 Å². The molecule has 1 aromatic carbocycles. The molecule has 0 atom stereocenters. The first-order chi connectivity index (χ1) is 13.8. The minimum Gasteiger partial charge on any atom is -0.353 e. The number of rotatable bonds is 5. The first-order valence-electron chi connectivity index (χ1n) is 9.60. The monoisotopic (exact) mass is 380 g/mol. The summed E-state index contributed by atoms with van der Waals surface area (Å²) in [5, 5.41) is 0. The average molecular weight is 380 g/mol. The molecule has 0 bridgehead atoms. The van der Waals surface area contributed by atoms with Gasteiger partial charge in [0, 0.05) is 64.0 Å². The molecule has 0 unspecified atom stereocenters. The molecule has 0 radical (unpaired) electrons. The van der Waals surface area contributed by atoms with Crippen molar-refractivity contribution in [2.45, 2.75) is 0 Å². The van der Waals surface area contributed by atoms with Crippen LogP contribution in [-0.2, 0) is 9.59 Å². The average Bonchev–Trinajstić information content (AvgIpc) is 2.79. The van der Waals surface area contributed by atoms with E-state index in [2.05, 4.69) is 9.80 Å². The van der Waals surface area contributed by atoms with Gasteiger partial charge in [0.25, 0.3) is 0 Å². The molecule has 2 aliphatic rings. The Balaban J connectivity index is 1.64. The number of anilines is 2. The summed E-state index contributed by atoms with van der Waals surface area (Å²) in [6.45, 7) is 5.68. The number of carbonyl (C=O) groups is 2. The van der Waals surface area contributed by atoms with Crippen molar-refractivity contribution >= 4 is 24.6 Å². The summed E-state index contributed by atoms with van der Waals surface area (Å²) in [5.74, 6) is 1.58. The predicted molar refractivity (Wildman–Crippen MR) is 107 cm³/mol. The molecule has 2 aromatic rings. The molecule has 2 saturated heterocycles. The summed E-state index contributed by atoms with van der Waals surface area (Å²) < 4.78 is 0. The van der Waals surface area contributed by atoms with Gasteiger partial charge in [-0.2, -0.15) is 4.98 Å². The van der Waals surface area contributed by atoms with Crippen molar-refractivity contribution in [3.05, 3.63) is 36.4 Å². The molecule has 8 heteroatoms. The summed E-state index contributed by atoms with van der Waals surface area (Å²) in [7, 11) is 0. The number of carbonyl (C=O) groups excluding carboxylic acids is 2. The van der Waals surface area contributed by atoms with Crippen LogP contribution in [0.5, 0.6) is 0 Å². The van der Waals surface area contributed by atoms with Gasteiger partial charge in [0.05, 0.1) is 5.69 Å². The smallest absolute Gasteiger partial charge is 0.228 e. The fraction of sp³-hybridized carbons (Fsp3) is 0.400. The van der Waals surface area contributed by atoms with Gasteiger partial charge >= 0.3 is 0 Å². The van der Waals surface area contributed by atoms with Crippen molar-refractivity contribution < 1.29 is 9.59 Å². The summed E-state index contributed by atoms with van der Waals surface area (Å²) in [5.41, 5.74) is 1.93. The highest BCUT2D eigenvalue weighted by Gasteiger charge is 2.22. The first kappa shape index (κ1) is 18.2. The van der Waals surface area contributed by atoms with Crippen LogP contribution in [0.1, 0.15) is 0 Å². The third kappa shape index (κ3) is 3.90. The van der Waals surface area contributed by atoms with Crippen LogP contribution in [0.4, 0.5) is 11.8 Å². The van der Waals surface area contributed by atoms with Crippen LogP contribution in [0.2, 0.25) is 0 Å².